The Labute approximate surface area is 187 Å². The molecule has 0 aliphatic carbocycles. The van der Waals surface area contributed by atoms with Crippen LogP contribution >= 0.6 is 11.8 Å². The van der Waals surface area contributed by atoms with Crippen molar-refractivity contribution in [2.24, 2.45) is 0 Å². The van der Waals surface area contributed by atoms with Crippen LogP contribution in [0.1, 0.15) is 13.3 Å². The number of anilines is 1. The van der Waals surface area contributed by atoms with E-state index in [1.165, 1.54) is 11.8 Å². The highest BCUT2D eigenvalue weighted by Gasteiger charge is 2.38. The van der Waals surface area contributed by atoms with E-state index in [9.17, 15) is 14.9 Å². The van der Waals surface area contributed by atoms with Crippen molar-refractivity contribution in [2.75, 3.05) is 57.8 Å². The Morgan fingerprint density at radius 2 is 2.00 bits per heavy atom. The van der Waals surface area contributed by atoms with Gasteiger partial charge in [-0.3, -0.25) is 14.5 Å². The first-order chi connectivity index (χ1) is 15.1. The van der Waals surface area contributed by atoms with Crippen LogP contribution in [0, 0.1) is 11.3 Å². The van der Waals surface area contributed by atoms with Gasteiger partial charge in [-0.2, -0.15) is 5.26 Å². The maximum atomic E-state index is 12.8. The van der Waals surface area contributed by atoms with E-state index in [1.54, 1.807) is 4.90 Å². The van der Waals surface area contributed by atoms with Crippen molar-refractivity contribution in [3.63, 3.8) is 0 Å². The van der Waals surface area contributed by atoms with E-state index in [2.05, 4.69) is 15.5 Å². The number of nitriles is 1. The minimum absolute atomic E-state index is 0.0145. The number of carbonyl (C=O) groups excluding carboxylic acids is 2. The number of ether oxygens (including phenoxy) is 1. The zero-order valence-electron chi connectivity index (χ0n) is 17.8. The Kier molecular flexibility index (Phi) is 8.76. The number of para-hydroxylation sites is 1. The van der Waals surface area contributed by atoms with Gasteiger partial charge in [-0.1, -0.05) is 30.0 Å². The van der Waals surface area contributed by atoms with Gasteiger partial charge in [0.15, 0.2) is 0 Å². The number of amides is 2. The first-order valence-corrected chi connectivity index (χ1v) is 11.5. The molecule has 0 radical (unpaired) electrons. The number of thioether (sulfide) groups is 1. The maximum Gasteiger partial charge on any atom is 0.264 e. The Morgan fingerprint density at radius 3 is 2.68 bits per heavy atom. The van der Waals surface area contributed by atoms with Crippen molar-refractivity contribution in [1.82, 2.24) is 15.1 Å². The Bertz CT molecular complexity index is 833. The van der Waals surface area contributed by atoms with Gasteiger partial charge >= 0.3 is 0 Å². The molecule has 0 aromatic heterocycles. The summed E-state index contributed by atoms with van der Waals surface area (Å²) in [6, 6.07) is 11.8. The standard InChI is InChI=1S/C22H29N5O3S/c1-2-27-21(29)19(8-9-24-17-6-4-3-5-7-17)31-22(27)18(16-23)20(28)25-10-11-26-12-14-30-15-13-26/h3-7,19,24H,2,8-15H2,1H3,(H,25,28)/b22-18-. The molecule has 2 amide bonds. The van der Waals surface area contributed by atoms with Crippen molar-refractivity contribution < 1.29 is 14.3 Å². The van der Waals surface area contributed by atoms with Gasteiger partial charge in [0, 0.05) is 45.0 Å². The van der Waals surface area contributed by atoms with Crippen LogP contribution in [-0.2, 0) is 14.3 Å². The molecule has 1 aromatic rings. The van der Waals surface area contributed by atoms with E-state index in [0.717, 1.165) is 18.8 Å². The predicted molar refractivity (Wildman–Crippen MR) is 121 cm³/mol. The van der Waals surface area contributed by atoms with Crippen LogP contribution in [0.4, 0.5) is 5.69 Å². The topological polar surface area (TPSA) is 97.7 Å². The molecule has 31 heavy (non-hydrogen) atoms. The molecule has 2 saturated heterocycles. The fourth-order valence-electron chi connectivity index (χ4n) is 3.54. The highest BCUT2D eigenvalue weighted by atomic mass is 32.2. The fraction of sp³-hybridized carbons (Fsp3) is 0.500. The smallest absolute Gasteiger partial charge is 0.264 e. The Hall–Kier alpha value is -2.54. The molecule has 1 unspecified atom stereocenters. The van der Waals surface area contributed by atoms with Crippen LogP contribution in [0.3, 0.4) is 0 Å². The lowest BCUT2D eigenvalue weighted by Crippen LogP contribution is -2.41. The third kappa shape index (κ3) is 6.23. The van der Waals surface area contributed by atoms with E-state index in [-0.39, 0.29) is 16.7 Å². The second kappa shape index (κ2) is 11.7. The first kappa shape index (κ1) is 23.1. The number of benzene rings is 1. The quantitative estimate of drug-likeness (QED) is 0.442. The summed E-state index contributed by atoms with van der Waals surface area (Å²) in [5.41, 5.74) is 1.01. The summed E-state index contributed by atoms with van der Waals surface area (Å²) in [6.45, 7) is 7.16. The molecular formula is C22H29N5O3S. The van der Waals surface area contributed by atoms with Crippen LogP contribution in [0.15, 0.2) is 40.9 Å². The van der Waals surface area contributed by atoms with Crippen molar-refractivity contribution in [2.45, 2.75) is 18.6 Å². The summed E-state index contributed by atoms with van der Waals surface area (Å²) in [4.78, 5) is 29.3. The third-order valence-electron chi connectivity index (χ3n) is 5.24. The molecule has 2 N–H and O–H groups in total. The van der Waals surface area contributed by atoms with E-state index in [0.29, 0.717) is 50.8 Å². The lowest BCUT2D eigenvalue weighted by molar-refractivity contribution is -0.127. The van der Waals surface area contributed by atoms with Crippen molar-refractivity contribution >= 4 is 29.3 Å². The summed E-state index contributed by atoms with van der Waals surface area (Å²) >= 11 is 1.31. The highest BCUT2D eigenvalue weighted by molar-refractivity contribution is 8.04. The van der Waals surface area contributed by atoms with Gasteiger partial charge < -0.3 is 20.3 Å². The minimum Gasteiger partial charge on any atom is -0.385 e. The monoisotopic (exact) mass is 443 g/mol. The molecule has 1 aromatic carbocycles. The second-order valence-electron chi connectivity index (χ2n) is 7.27. The lowest BCUT2D eigenvalue weighted by Gasteiger charge is -2.26. The molecule has 0 bridgehead atoms. The zero-order valence-corrected chi connectivity index (χ0v) is 18.6. The third-order valence-corrected chi connectivity index (χ3v) is 6.61. The number of nitrogens with zero attached hydrogens (tertiary/aromatic N) is 3. The Balaban J connectivity index is 1.58. The van der Waals surface area contributed by atoms with Gasteiger partial charge in [0.2, 0.25) is 5.91 Å². The molecule has 8 nitrogen and oxygen atoms in total. The molecule has 0 spiro atoms. The van der Waals surface area contributed by atoms with E-state index in [4.69, 9.17) is 4.74 Å². The molecule has 2 aliphatic rings. The zero-order chi connectivity index (χ0) is 22.1. The largest absolute Gasteiger partial charge is 0.385 e. The van der Waals surface area contributed by atoms with Gasteiger partial charge in [-0.25, -0.2) is 0 Å². The van der Waals surface area contributed by atoms with E-state index in [1.807, 2.05) is 43.3 Å². The summed E-state index contributed by atoms with van der Waals surface area (Å²) in [5, 5.41) is 15.9. The summed E-state index contributed by atoms with van der Waals surface area (Å²) in [6.07, 6.45) is 0.607. The van der Waals surface area contributed by atoms with Gasteiger partial charge in [-0.15, -0.1) is 0 Å². The summed E-state index contributed by atoms with van der Waals surface area (Å²) in [5.74, 6) is -0.473. The van der Waals surface area contributed by atoms with Crippen LogP contribution in [0.5, 0.6) is 0 Å². The van der Waals surface area contributed by atoms with E-state index < -0.39 is 5.91 Å². The molecule has 2 aliphatic heterocycles. The number of morpholine rings is 1. The van der Waals surface area contributed by atoms with Crippen molar-refractivity contribution in [3.05, 3.63) is 40.9 Å². The molecule has 2 heterocycles. The number of rotatable bonds is 9. The average molecular weight is 444 g/mol. The lowest BCUT2D eigenvalue weighted by atomic mass is 10.2. The van der Waals surface area contributed by atoms with Gasteiger partial charge in [0.1, 0.15) is 16.7 Å². The maximum absolute atomic E-state index is 12.8. The van der Waals surface area contributed by atoms with Crippen LogP contribution in [-0.4, -0.2) is 79.3 Å². The molecule has 3 rings (SSSR count). The van der Waals surface area contributed by atoms with Gasteiger partial charge in [0.05, 0.1) is 18.5 Å². The highest BCUT2D eigenvalue weighted by Crippen LogP contribution is 2.38. The molecule has 9 heteroatoms. The molecular weight excluding hydrogens is 414 g/mol. The second-order valence-corrected chi connectivity index (χ2v) is 8.46. The fourth-order valence-corrected chi connectivity index (χ4v) is 4.87. The first-order valence-electron chi connectivity index (χ1n) is 10.6. The number of hydrogen-bond acceptors (Lipinski definition) is 7. The molecule has 2 fully saturated rings. The SMILES string of the molecule is CCN1C(=O)C(CCNc2ccccc2)S/C1=C(/C#N)C(=O)NCCN1CCOCC1. The van der Waals surface area contributed by atoms with Gasteiger partial charge in [0.25, 0.3) is 5.91 Å². The average Bonchev–Trinajstić information content (AvgIpc) is 3.11. The summed E-state index contributed by atoms with van der Waals surface area (Å²) < 4.78 is 5.32. The van der Waals surface area contributed by atoms with Gasteiger partial charge in [-0.05, 0) is 25.5 Å². The summed E-state index contributed by atoms with van der Waals surface area (Å²) in [7, 11) is 0. The molecule has 166 valence electrons. The predicted octanol–water partition coefficient (Wildman–Crippen LogP) is 1.64. The number of carbonyl (C=O) groups is 2. The minimum atomic E-state index is -0.424. The molecule has 1 atom stereocenters. The van der Waals surface area contributed by atoms with Crippen molar-refractivity contribution in [1.29, 1.82) is 5.26 Å². The van der Waals surface area contributed by atoms with Crippen LogP contribution in [0.2, 0.25) is 0 Å². The number of nitrogens with one attached hydrogen (secondary N) is 2. The number of hydrogen-bond donors (Lipinski definition) is 2. The van der Waals surface area contributed by atoms with Crippen LogP contribution in [0.25, 0.3) is 0 Å². The van der Waals surface area contributed by atoms with Crippen LogP contribution < -0.4 is 10.6 Å². The van der Waals surface area contributed by atoms with E-state index >= 15 is 0 Å². The normalized spacial score (nSPS) is 21.0. The Morgan fingerprint density at radius 1 is 1.26 bits per heavy atom. The van der Waals surface area contributed by atoms with Crippen molar-refractivity contribution in [3.8, 4) is 6.07 Å². The molecule has 0 saturated carbocycles.